The number of ether oxygens (including phenoxy) is 1. The zero-order valence-corrected chi connectivity index (χ0v) is 11.2. The molecule has 104 valence electrons. The van der Waals surface area contributed by atoms with E-state index < -0.39 is 5.97 Å². The number of benzene rings is 1. The van der Waals surface area contributed by atoms with Crippen molar-refractivity contribution in [2.45, 2.75) is 38.6 Å². The van der Waals surface area contributed by atoms with Gasteiger partial charge in [0.2, 0.25) is 0 Å². The van der Waals surface area contributed by atoms with Crippen molar-refractivity contribution in [1.29, 1.82) is 0 Å². The molecule has 1 aliphatic heterocycles. The van der Waals surface area contributed by atoms with Crippen molar-refractivity contribution in [2.75, 3.05) is 13.2 Å². The van der Waals surface area contributed by atoms with E-state index in [1.54, 1.807) is 0 Å². The summed E-state index contributed by atoms with van der Waals surface area (Å²) in [6, 6.07) is 6.35. The highest BCUT2D eigenvalue weighted by Gasteiger charge is 2.10. The number of carbonyl (C=O) groups is 1. The monoisotopic (exact) mass is 263 g/mol. The van der Waals surface area contributed by atoms with Crippen molar-refractivity contribution in [1.82, 2.24) is 5.32 Å². The molecule has 0 unspecified atom stereocenters. The van der Waals surface area contributed by atoms with Crippen LogP contribution in [0.25, 0.3) is 0 Å². The number of unbranched alkanes of at least 4 members (excludes halogenated alkanes) is 1. The van der Waals surface area contributed by atoms with E-state index in [1.807, 2.05) is 0 Å². The molecule has 1 aromatic rings. The van der Waals surface area contributed by atoms with Crippen molar-refractivity contribution in [3.63, 3.8) is 0 Å². The van der Waals surface area contributed by atoms with Gasteiger partial charge in [-0.05, 0) is 49.4 Å². The molecule has 0 fully saturated rings. The number of aliphatic carboxylic acids is 1. The zero-order valence-electron chi connectivity index (χ0n) is 11.2. The van der Waals surface area contributed by atoms with E-state index in [0.29, 0.717) is 0 Å². The fraction of sp³-hybridized carbons (Fsp3) is 0.533. The van der Waals surface area contributed by atoms with Crippen LogP contribution in [0.15, 0.2) is 18.2 Å². The highest BCUT2D eigenvalue weighted by Crippen LogP contribution is 2.25. The molecule has 1 aliphatic rings. The van der Waals surface area contributed by atoms with E-state index >= 15 is 0 Å². The van der Waals surface area contributed by atoms with Crippen LogP contribution < -0.4 is 10.1 Å². The van der Waals surface area contributed by atoms with Gasteiger partial charge in [-0.1, -0.05) is 12.1 Å². The topological polar surface area (TPSA) is 58.6 Å². The van der Waals surface area contributed by atoms with Crippen molar-refractivity contribution >= 4 is 5.97 Å². The summed E-state index contributed by atoms with van der Waals surface area (Å²) in [6.07, 6.45) is 4.10. The van der Waals surface area contributed by atoms with Gasteiger partial charge in [0.05, 0.1) is 6.61 Å². The standard InChI is InChI=1S/C15H21NO3/c17-15(18)5-1-2-8-16-11-12-6-7-14-13(10-12)4-3-9-19-14/h6-7,10,16H,1-5,8-9,11H2,(H,17,18). The first-order valence-corrected chi connectivity index (χ1v) is 6.93. The van der Waals surface area contributed by atoms with Crippen LogP contribution in [0, 0.1) is 0 Å². The average molecular weight is 263 g/mol. The van der Waals surface area contributed by atoms with Gasteiger partial charge in [-0.2, -0.15) is 0 Å². The molecule has 0 saturated carbocycles. The number of carboxylic acids is 1. The van der Waals surface area contributed by atoms with Gasteiger partial charge in [-0.3, -0.25) is 4.79 Å². The molecule has 2 rings (SSSR count). The Bertz CT molecular complexity index is 431. The number of fused-ring (bicyclic) bond motifs is 1. The van der Waals surface area contributed by atoms with Crippen LogP contribution in [-0.4, -0.2) is 24.2 Å². The molecule has 0 atom stereocenters. The van der Waals surface area contributed by atoms with Crippen LogP contribution in [0.4, 0.5) is 0 Å². The first kappa shape index (κ1) is 13.9. The lowest BCUT2D eigenvalue weighted by molar-refractivity contribution is -0.137. The fourth-order valence-corrected chi connectivity index (χ4v) is 2.28. The van der Waals surface area contributed by atoms with Gasteiger partial charge in [0, 0.05) is 13.0 Å². The predicted octanol–water partition coefficient (Wildman–Crippen LogP) is 2.36. The highest BCUT2D eigenvalue weighted by atomic mass is 16.5. The lowest BCUT2D eigenvalue weighted by Crippen LogP contribution is -2.16. The number of hydrogen-bond donors (Lipinski definition) is 2. The summed E-state index contributed by atoms with van der Waals surface area (Å²) in [5.74, 6) is 0.311. The molecular formula is C15H21NO3. The van der Waals surface area contributed by atoms with Crippen LogP contribution in [0.5, 0.6) is 5.75 Å². The van der Waals surface area contributed by atoms with E-state index in [2.05, 4.69) is 23.5 Å². The third-order valence-corrected chi connectivity index (χ3v) is 3.30. The van der Waals surface area contributed by atoms with Crippen molar-refractivity contribution in [3.05, 3.63) is 29.3 Å². The molecule has 0 amide bonds. The summed E-state index contributed by atoms with van der Waals surface area (Å²) in [6.45, 7) is 2.52. The summed E-state index contributed by atoms with van der Waals surface area (Å²) in [5.41, 5.74) is 2.57. The third-order valence-electron chi connectivity index (χ3n) is 3.30. The first-order valence-electron chi connectivity index (χ1n) is 6.93. The van der Waals surface area contributed by atoms with E-state index in [9.17, 15) is 4.79 Å². The summed E-state index contributed by atoms with van der Waals surface area (Å²) >= 11 is 0. The Kier molecular flexibility index (Phi) is 5.21. The zero-order chi connectivity index (χ0) is 13.5. The lowest BCUT2D eigenvalue weighted by Gasteiger charge is -2.18. The van der Waals surface area contributed by atoms with Gasteiger partial charge in [0.15, 0.2) is 0 Å². The summed E-state index contributed by atoms with van der Waals surface area (Å²) in [7, 11) is 0. The number of carboxylic acid groups (broad SMARTS) is 1. The lowest BCUT2D eigenvalue weighted by atomic mass is 10.0. The SMILES string of the molecule is O=C(O)CCCCNCc1ccc2c(c1)CCCO2. The Balaban J connectivity index is 1.70. The molecule has 0 radical (unpaired) electrons. The Morgan fingerprint density at radius 1 is 1.37 bits per heavy atom. The molecule has 19 heavy (non-hydrogen) atoms. The second-order valence-corrected chi connectivity index (χ2v) is 4.92. The molecule has 4 nitrogen and oxygen atoms in total. The number of hydrogen-bond acceptors (Lipinski definition) is 3. The minimum atomic E-state index is -0.713. The minimum absolute atomic E-state index is 0.262. The van der Waals surface area contributed by atoms with E-state index in [-0.39, 0.29) is 6.42 Å². The minimum Gasteiger partial charge on any atom is -0.493 e. The maximum atomic E-state index is 10.4. The van der Waals surface area contributed by atoms with Crippen molar-refractivity contribution < 1.29 is 14.6 Å². The van der Waals surface area contributed by atoms with E-state index in [1.165, 1.54) is 11.1 Å². The number of rotatable bonds is 7. The Labute approximate surface area is 113 Å². The molecular weight excluding hydrogens is 242 g/mol. The predicted molar refractivity (Wildman–Crippen MR) is 73.5 cm³/mol. The van der Waals surface area contributed by atoms with Gasteiger partial charge in [-0.15, -0.1) is 0 Å². The smallest absolute Gasteiger partial charge is 0.303 e. The summed E-state index contributed by atoms with van der Waals surface area (Å²) < 4.78 is 5.58. The molecule has 0 aromatic heterocycles. The summed E-state index contributed by atoms with van der Waals surface area (Å²) in [4.78, 5) is 10.4. The van der Waals surface area contributed by atoms with Gasteiger partial charge in [-0.25, -0.2) is 0 Å². The number of nitrogens with one attached hydrogen (secondary N) is 1. The quantitative estimate of drug-likeness (QED) is 0.741. The molecule has 0 bridgehead atoms. The average Bonchev–Trinajstić information content (AvgIpc) is 2.42. The fourth-order valence-electron chi connectivity index (χ4n) is 2.28. The van der Waals surface area contributed by atoms with Crippen LogP contribution in [0.3, 0.4) is 0 Å². The normalized spacial score (nSPS) is 13.7. The van der Waals surface area contributed by atoms with E-state index in [0.717, 1.165) is 51.1 Å². The molecule has 1 aromatic carbocycles. The maximum Gasteiger partial charge on any atom is 0.303 e. The molecule has 4 heteroatoms. The molecule has 1 heterocycles. The second-order valence-electron chi connectivity index (χ2n) is 4.92. The maximum absolute atomic E-state index is 10.4. The second kappa shape index (κ2) is 7.14. The largest absolute Gasteiger partial charge is 0.493 e. The first-order chi connectivity index (χ1) is 9.25. The Hall–Kier alpha value is -1.55. The Morgan fingerprint density at radius 3 is 3.11 bits per heavy atom. The van der Waals surface area contributed by atoms with Crippen LogP contribution in [0.1, 0.15) is 36.8 Å². The van der Waals surface area contributed by atoms with Crippen LogP contribution in [-0.2, 0) is 17.8 Å². The van der Waals surface area contributed by atoms with Gasteiger partial charge >= 0.3 is 5.97 Å². The Morgan fingerprint density at radius 2 is 2.26 bits per heavy atom. The highest BCUT2D eigenvalue weighted by molar-refractivity contribution is 5.66. The number of aryl methyl sites for hydroxylation is 1. The van der Waals surface area contributed by atoms with E-state index in [4.69, 9.17) is 9.84 Å². The van der Waals surface area contributed by atoms with Crippen molar-refractivity contribution in [3.8, 4) is 5.75 Å². The third kappa shape index (κ3) is 4.56. The molecule has 0 saturated heterocycles. The van der Waals surface area contributed by atoms with Gasteiger partial charge in [0.1, 0.15) is 5.75 Å². The van der Waals surface area contributed by atoms with Gasteiger partial charge < -0.3 is 15.2 Å². The van der Waals surface area contributed by atoms with Crippen LogP contribution >= 0.6 is 0 Å². The molecule has 0 aliphatic carbocycles. The summed E-state index contributed by atoms with van der Waals surface area (Å²) in [5, 5.41) is 11.9. The van der Waals surface area contributed by atoms with Crippen molar-refractivity contribution in [2.24, 2.45) is 0 Å². The van der Waals surface area contributed by atoms with Gasteiger partial charge in [0.25, 0.3) is 0 Å². The van der Waals surface area contributed by atoms with Crippen LogP contribution in [0.2, 0.25) is 0 Å². The molecule has 2 N–H and O–H groups in total. The molecule has 0 spiro atoms.